The van der Waals surface area contributed by atoms with Gasteiger partial charge in [-0.2, -0.15) is 0 Å². The van der Waals surface area contributed by atoms with Crippen molar-refractivity contribution in [3.63, 3.8) is 0 Å². The van der Waals surface area contributed by atoms with Crippen molar-refractivity contribution in [1.82, 2.24) is 4.90 Å². The number of hydrogen-bond donors (Lipinski definition) is 0. The Balaban J connectivity index is 1.70. The average Bonchev–Trinajstić information content (AvgIpc) is 2.83. The summed E-state index contributed by atoms with van der Waals surface area (Å²) in [4.78, 5) is 14.3. The topological polar surface area (TPSA) is 20.3 Å². The maximum atomic E-state index is 13.1. The van der Waals surface area contributed by atoms with Gasteiger partial charge in [0.2, 0.25) is 5.91 Å². The first-order chi connectivity index (χ1) is 10.2. The van der Waals surface area contributed by atoms with E-state index in [0.717, 1.165) is 12.0 Å². The van der Waals surface area contributed by atoms with Gasteiger partial charge in [-0.1, -0.05) is 36.4 Å². The van der Waals surface area contributed by atoms with Gasteiger partial charge in [-0.25, -0.2) is 4.39 Å². The zero-order chi connectivity index (χ0) is 14.4. The van der Waals surface area contributed by atoms with E-state index in [1.807, 2.05) is 23.1 Å². The van der Waals surface area contributed by atoms with Crippen molar-refractivity contribution in [2.45, 2.75) is 31.3 Å². The first-order valence-corrected chi connectivity index (χ1v) is 7.34. The largest absolute Gasteiger partial charge is 0.334 e. The Morgan fingerprint density at radius 1 is 0.952 bits per heavy atom. The second-order valence-corrected chi connectivity index (χ2v) is 5.92. The average molecular weight is 281 g/mol. The van der Waals surface area contributed by atoms with Crippen molar-refractivity contribution in [2.24, 2.45) is 0 Å². The van der Waals surface area contributed by atoms with Crippen LogP contribution in [-0.2, 0) is 17.8 Å². The summed E-state index contributed by atoms with van der Waals surface area (Å²) in [5, 5.41) is 0. The van der Waals surface area contributed by atoms with Crippen molar-refractivity contribution in [2.75, 3.05) is 0 Å². The smallest absolute Gasteiger partial charge is 0.223 e. The summed E-state index contributed by atoms with van der Waals surface area (Å²) in [6, 6.07) is 15.1. The molecule has 2 heterocycles. The first-order valence-electron chi connectivity index (χ1n) is 7.34. The van der Waals surface area contributed by atoms with Gasteiger partial charge in [0.05, 0.1) is 0 Å². The Bertz CT molecular complexity index is 695. The van der Waals surface area contributed by atoms with E-state index in [0.29, 0.717) is 13.0 Å². The van der Waals surface area contributed by atoms with Crippen LogP contribution in [0.2, 0.25) is 0 Å². The highest BCUT2D eigenvalue weighted by Gasteiger charge is 2.42. The van der Waals surface area contributed by atoms with Gasteiger partial charge in [0.1, 0.15) is 5.82 Å². The van der Waals surface area contributed by atoms with Crippen LogP contribution in [0.5, 0.6) is 0 Å². The summed E-state index contributed by atoms with van der Waals surface area (Å²) in [6.07, 6.45) is 1.42. The van der Waals surface area contributed by atoms with Gasteiger partial charge in [0.15, 0.2) is 0 Å². The standard InChI is InChI=1S/C18H16FNO/c19-15-7-5-12(6-8-15)16-10-18(21)20-11-14-4-2-1-3-13(14)9-17(16)20/h1-8,16-17H,9-11H2. The number of halogens is 1. The van der Waals surface area contributed by atoms with Gasteiger partial charge in [-0.05, 0) is 35.2 Å². The molecule has 2 atom stereocenters. The summed E-state index contributed by atoms with van der Waals surface area (Å²) in [7, 11) is 0. The monoisotopic (exact) mass is 281 g/mol. The minimum atomic E-state index is -0.228. The Hall–Kier alpha value is -2.16. The number of benzene rings is 2. The maximum absolute atomic E-state index is 13.1. The van der Waals surface area contributed by atoms with Crippen LogP contribution in [0, 0.1) is 5.82 Å². The molecule has 1 saturated heterocycles. The second-order valence-electron chi connectivity index (χ2n) is 5.92. The van der Waals surface area contributed by atoms with E-state index < -0.39 is 0 Å². The maximum Gasteiger partial charge on any atom is 0.223 e. The van der Waals surface area contributed by atoms with Gasteiger partial charge < -0.3 is 4.90 Å². The van der Waals surface area contributed by atoms with Crippen LogP contribution in [0.25, 0.3) is 0 Å². The summed E-state index contributed by atoms with van der Waals surface area (Å²) in [6.45, 7) is 0.706. The first kappa shape index (κ1) is 12.6. The van der Waals surface area contributed by atoms with Crippen molar-refractivity contribution in [3.8, 4) is 0 Å². The minimum absolute atomic E-state index is 0.173. The number of fused-ring (bicyclic) bond motifs is 2. The molecule has 3 heteroatoms. The molecular formula is C18H16FNO. The second kappa shape index (κ2) is 4.69. The highest BCUT2D eigenvalue weighted by atomic mass is 19.1. The van der Waals surface area contributed by atoms with Gasteiger partial charge in [-0.3, -0.25) is 4.79 Å². The molecule has 2 unspecified atom stereocenters. The summed E-state index contributed by atoms with van der Waals surface area (Å²) >= 11 is 0. The zero-order valence-electron chi connectivity index (χ0n) is 11.6. The van der Waals surface area contributed by atoms with Crippen molar-refractivity contribution >= 4 is 5.91 Å². The summed E-state index contributed by atoms with van der Waals surface area (Å²) in [5.74, 6) is 0.157. The molecule has 0 aromatic heterocycles. The van der Waals surface area contributed by atoms with Gasteiger partial charge in [0, 0.05) is 24.9 Å². The van der Waals surface area contributed by atoms with E-state index in [9.17, 15) is 9.18 Å². The van der Waals surface area contributed by atoms with Crippen LogP contribution in [0.4, 0.5) is 4.39 Å². The van der Waals surface area contributed by atoms with E-state index >= 15 is 0 Å². The SMILES string of the molecule is O=C1CC(c2ccc(F)cc2)C2Cc3ccccc3CN12. The molecule has 0 N–H and O–H groups in total. The quantitative estimate of drug-likeness (QED) is 0.785. The third-order valence-corrected chi connectivity index (χ3v) is 4.77. The highest BCUT2D eigenvalue weighted by molar-refractivity contribution is 5.81. The normalized spacial score (nSPS) is 23.9. The number of rotatable bonds is 1. The molecule has 2 aromatic carbocycles. The molecule has 106 valence electrons. The molecule has 0 radical (unpaired) electrons. The van der Waals surface area contributed by atoms with Gasteiger partial charge >= 0.3 is 0 Å². The highest BCUT2D eigenvalue weighted by Crippen LogP contribution is 2.40. The Kier molecular flexibility index (Phi) is 2.81. The molecular weight excluding hydrogens is 265 g/mol. The zero-order valence-corrected chi connectivity index (χ0v) is 11.6. The van der Waals surface area contributed by atoms with Crippen LogP contribution >= 0.6 is 0 Å². The molecule has 0 bridgehead atoms. The fraction of sp³-hybridized carbons (Fsp3) is 0.278. The fourth-order valence-corrected chi connectivity index (χ4v) is 3.67. The summed E-state index contributed by atoms with van der Waals surface area (Å²) in [5.41, 5.74) is 3.65. The van der Waals surface area contributed by atoms with E-state index in [1.165, 1.54) is 23.3 Å². The third-order valence-electron chi connectivity index (χ3n) is 4.77. The van der Waals surface area contributed by atoms with Gasteiger partial charge in [-0.15, -0.1) is 0 Å². The lowest BCUT2D eigenvalue weighted by Gasteiger charge is -2.34. The predicted octanol–water partition coefficient (Wildman–Crippen LogP) is 3.27. The fourth-order valence-electron chi connectivity index (χ4n) is 3.67. The van der Waals surface area contributed by atoms with Crippen LogP contribution in [0.1, 0.15) is 29.0 Å². The lowest BCUT2D eigenvalue weighted by Crippen LogP contribution is -2.39. The van der Waals surface area contributed by atoms with Crippen LogP contribution in [0.3, 0.4) is 0 Å². The third kappa shape index (κ3) is 2.04. The van der Waals surface area contributed by atoms with Crippen LogP contribution in [-0.4, -0.2) is 16.8 Å². The molecule has 2 nitrogen and oxygen atoms in total. The van der Waals surface area contributed by atoms with Crippen molar-refractivity contribution < 1.29 is 9.18 Å². The van der Waals surface area contributed by atoms with E-state index in [-0.39, 0.29) is 23.7 Å². The molecule has 0 aliphatic carbocycles. The lowest BCUT2D eigenvalue weighted by atomic mass is 9.85. The molecule has 1 fully saturated rings. The Labute approximate surface area is 123 Å². The lowest BCUT2D eigenvalue weighted by molar-refractivity contribution is -0.129. The summed E-state index contributed by atoms with van der Waals surface area (Å²) < 4.78 is 13.1. The Morgan fingerprint density at radius 3 is 2.43 bits per heavy atom. The number of amides is 1. The predicted molar refractivity (Wildman–Crippen MR) is 78.2 cm³/mol. The number of nitrogens with zero attached hydrogens (tertiary/aromatic N) is 1. The van der Waals surface area contributed by atoms with Crippen LogP contribution in [0.15, 0.2) is 48.5 Å². The van der Waals surface area contributed by atoms with E-state index in [2.05, 4.69) is 18.2 Å². The molecule has 1 amide bonds. The van der Waals surface area contributed by atoms with E-state index in [1.54, 1.807) is 0 Å². The van der Waals surface area contributed by atoms with Crippen molar-refractivity contribution in [3.05, 3.63) is 71.0 Å². The Morgan fingerprint density at radius 2 is 1.67 bits per heavy atom. The van der Waals surface area contributed by atoms with Crippen LogP contribution < -0.4 is 0 Å². The van der Waals surface area contributed by atoms with Crippen molar-refractivity contribution in [1.29, 1.82) is 0 Å². The van der Waals surface area contributed by atoms with E-state index in [4.69, 9.17) is 0 Å². The minimum Gasteiger partial charge on any atom is -0.334 e. The molecule has 0 saturated carbocycles. The number of hydrogen-bond acceptors (Lipinski definition) is 1. The molecule has 2 aromatic rings. The molecule has 21 heavy (non-hydrogen) atoms. The number of carbonyl (C=O) groups is 1. The number of carbonyl (C=O) groups excluding carboxylic acids is 1. The molecule has 2 aliphatic heterocycles. The molecule has 0 spiro atoms. The van der Waals surface area contributed by atoms with Gasteiger partial charge in [0.25, 0.3) is 0 Å². The molecule has 2 aliphatic rings. The molecule has 4 rings (SSSR count).